The Kier molecular flexibility index (Phi) is 23.8. The molecule has 17 atom stereocenters. The van der Waals surface area contributed by atoms with Crippen molar-refractivity contribution < 1.29 is 102 Å². The third-order valence-electron chi connectivity index (χ3n) is 12.8. The summed E-state index contributed by atoms with van der Waals surface area (Å²) >= 11 is 1.39. The van der Waals surface area contributed by atoms with Crippen molar-refractivity contribution in [3.05, 3.63) is 10.6 Å². The lowest BCUT2D eigenvalue weighted by molar-refractivity contribution is -0.331. The maximum absolute atomic E-state index is 13.9. The van der Waals surface area contributed by atoms with Gasteiger partial charge in [-0.25, -0.2) is 4.57 Å². The van der Waals surface area contributed by atoms with Crippen LogP contribution in [0.1, 0.15) is 80.1 Å². The maximum atomic E-state index is 13.9. The van der Waals surface area contributed by atoms with Gasteiger partial charge in [-0.3, -0.25) is 47.6 Å². The number of aliphatic hydroxyl groups is 5. The van der Waals surface area contributed by atoms with Gasteiger partial charge in [-0.1, -0.05) is 6.42 Å². The van der Waals surface area contributed by atoms with Crippen LogP contribution in [0.2, 0.25) is 0 Å². The first-order chi connectivity index (χ1) is 34.4. The van der Waals surface area contributed by atoms with E-state index in [1.54, 1.807) is 0 Å². The molecule has 73 heavy (non-hydrogen) atoms. The fraction of sp³-hybridized carbons (Fsp3) is 0.773. The van der Waals surface area contributed by atoms with Crippen LogP contribution < -0.4 is 21.7 Å². The van der Waals surface area contributed by atoms with Crippen LogP contribution in [-0.2, 0) is 66.1 Å². The Morgan fingerprint density at radius 2 is 1.59 bits per heavy atom. The van der Waals surface area contributed by atoms with Crippen molar-refractivity contribution in [3.8, 4) is 0 Å². The van der Waals surface area contributed by atoms with Gasteiger partial charge in [-0.15, -0.1) is 11.8 Å². The number of fused-ring (bicyclic) bond motifs is 1. The number of aliphatic hydroxyl groups excluding tert-OH is 5. The van der Waals surface area contributed by atoms with Gasteiger partial charge in [-0.05, 0) is 47.0 Å². The van der Waals surface area contributed by atoms with E-state index in [-0.39, 0.29) is 42.8 Å². The van der Waals surface area contributed by atoms with Crippen LogP contribution in [-0.4, -0.2) is 206 Å². The zero-order valence-electron chi connectivity index (χ0n) is 41.5. The molecule has 4 aliphatic heterocycles. The van der Waals surface area contributed by atoms with E-state index >= 15 is 0 Å². The van der Waals surface area contributed by atoms with Crippen molar-refractivity contribution in [2.45, 2.75) is 160 Å². The van der Waals surface area contributed by atoms with E-state index in [4.69, 9.17) is 33.7 Å². The molecule has 0 aromatic carbocycles. The molecular weight excluding hydrogens is 1010 g/mol. The molecule has 4 heterocycles. The molecule has 0 bridgehead atoms. The minimum Gasteiger partial charge on any atom is -0.481 e. The highest BCUT2D eigenvalue weighted by atomic mass is 32.2. The molecule has 0 saturated carbocycles. The number of ether oxygens (including phenoxy) is 4. The van der Waals surface area contributed by atoms with Gasteiger partial charge in [0.15, 0.2) is 18.4 Å². The molecule has 0 aromatic heterocycles. The molecule has 4 rings (SSSR count). The van der Waals surface area contributed by atoms with Crippen LogP contribution >= 0.6 is 19.6 Å². The smallest absolute Gasteiger partial charge is 0.474 e. The van der Waals surface area contributed by atoms with Crippen molar-refractivity contribution in [2.24, 2.45) is 28.5 Å². The Balaban J connectivity index is 1.49. The van der Waals surface area contributed by atoms with E-state index in [1.165, 1.54) is 50.7 Å². The molecule has 0 spiro atoms. The fourth-order valence-corrected chi connectivity index (χ4v) is 10.9. The van der Waals surface area contributed by atoms with Crippen molar-refractivity contribution in [1.29, 1.82) is 0 Å². The summed E-state index contributed by atoms with van der Waals surface area (Å²) in [4.78, 5) is 106. The molecule has 0 aromatic rings. The first kappa shape index (κ1) is 61.5. The molecule has 414 valence electrons. The number of rotatable bonds is 30. The number of nitrogens with zero attached hydrogens (tertiary/aromatic N) is 2. The maximum Gasteiger partial charge on any atom is 0.474 e. The molecule has 4 aliphatic rings. The molecule has 29 heteroatoms. The number of β-lactam (4-membered cyclic amide) rings is 1. The average Bonchev–Trinajstić information content (AvgIpc) is 3.64. The largest absolute Gasteiger partial charge is 0.481 e. The number of nitrogens with one attached hydrogen (secondary N) is 3. The Morgan fingerprint density at radius 1 is 0.945 bits per heavy atom. The Labute approximate surface area is 425 Å². The third-order valence-corrected chi connectivity index (χ3v) is 14.8. The van der Waals surface area contributed by atoms with Gasteiger partial charge in [0, 0.05) is 49.8 Å². The van der Waals surface area contributed by atoms with E-state index in [0.29, 0.717) is 42.9 Å². The van der Waals surface area contributed by atoms with Crippen LogP contribution in [0.5, 0.6) is 0 Å². The van der Waals surface area contributed by atoms with Gasteiger partial charge in [0.1, 0.15) is 66.3 Å². The van der Waals surface area contributed by atoms with Crippen LogP contribution in [0.4, 0.5) is 0 Å². The molecule has 0 aliphatic carbocycles. The van der Waals surface area contributed by atoms with Gasteiger partial charge in [0.05, 0.1) is 56.7 Å². The Bertz CT molecular complexity index is 2070. The Morgan fingerprint density at radius 3 is 2.18 bits per heavy atom. The van der Waals surface area contributed by atoms with Crippen LogP contribution in [0, 0.1) is 17.8 Å². The number of carboxylic acid groups (broad SMARTS) is 1. The number of unbranched alkanes of at least 4 members (excludes halogenated alkanes) is 1. The lowest BCUT2D eigenvalue weighted by Crippen LogP contribution is -2.70. The number of Topliss-reactive ketones (excluding diaryl/α,β-unsaturated/α-hetero) is 2. The molecule has 3 fully saturated rings. The van der Waals surface area contributed by atoms with Crippen molar-refractivity contribution in [2.75, 3.05) is 38.7 Å². The number of thioether (sulfide) groups is 1. The molecule has 0 radical (unpaired) electrons. The van der Waals surface area contributed by atoms with Crippen LogP contribution in [0.15, 0.2) is 15.6 Å². The van der Waals surface area contributed by atoms with E-state index in [2.05, 4.69) is 20.9 Å². The van der Waals surface area contributed by atoms with Crippen LogP contribution in [0.3, 0.4) is 0 Å². The first-order valence-corrected chi connectivity index (χ1v) is 26.4. The number of hydrogen-bond donors (Lipinski definition) is 11. The predicted molar refractivity (Wildman–Crippen MR) is 254 cm³/mol. The second-order valence-corrected chi connectivity index (χ2v) is 20.9. The van der Waals surface area contributed by atoms with E-state index in [9.17, 15) is 73.7 Å². The summed E-state index contributed by atoms with van der Waals surface area (Å²) in [7, 11) is -5.26. The summed E-state index contributed by atoms with van der Waals surface area (Å²) in [6, 6.07) is -3.61. The quantitative estimate of drug-likeness (QED) is 0.0117. The lowest BCUT2D eigenvalue weighted by Gasteiger charge is -2.49. The highest BCUT2D eigenvalue weighted by Gasteiger charge is 2.57. The topological polar surface area (TPSA) is 411 Å². The third kappa shape index (κ3) is 16.5. The van der Waals surface area contributed by atoms with E-state index in [0.717, 1.165) is 13.8 Å². The Hall–Kier alpha value is -4.00. The van der Waals surface area contributed by atoms with Crippen molar-refractivity contribution >= 4 is 67.1 Å². The zero-order chi connectivity index (χ0) is 54.5. The predicted octanol–water partition coefficient (Wildman–Crippen LogP) is -2.45. The standard InChI is InChI=1S/C44H71N6O21PS/c1-20(42(62)63)18-66-72(64,65)71-44-34(49-25(6)56)39(38(30(17-52)69-44)70-43-33(48-24(5)55)37(59)36(58)29(16-51)68-43)67-23(4)28(57)11-10-26(21(2)53)9-7-8-12-47-40(60)35-31(73-14-13-46-19-45)15-27-32(22(3)54)41(61)50(27)35/h19-20,22-23,26-27,29-30,32-34,36-39,43-44,51-52,54,58-59H,7-18H2,1-6H3,(H2,45,46)(H,47,60)(H,48,55)(H,49,56)(H,62,63)(H,64,65)/t20-,22-,23-,26-,27-,29?,30?,32-,33?,34?,36?,37?,38?,39?,43?,44?/m1/s1. The molecule has 4 amide bonds. The zero-order valence-corrected chi connectivity index (χ0v) is 43.2. The minimum atomic E-state index is -5.26. The second-order valence-electron chi connectivity index (χ2n) is 18.3. The van der Waals surface area contributed by atoms with Gasteiger partial charge < -0.3 is 81.1 Å². The number of phosphoric ester groups is 1. The highest BCUT2D eigenvalue weighted by molar-refractivity contribution is 8.03. The monoisotopic (exact) mass is 1080 g/mol. The number of aliphatic carboxylic acids is 1. The van der Waals surface area contributed by atoms with E-state index in [1.807, 2.05) is 0 Å². The number of amides is 4. The summed E-state index contributed by atoms with van der Waals surface area (Å²) in [5, 5.41) is 69.3. The molecular formula is C44H71N6O21PS. The summed E-state index contributed by atoms with van der Waals surface area (Å²) in [5.41, 5.74) is 5.58. The van der Waals surface area contributed by atoms with Crippen LogP contribution in [0.25, 0.3) is 0 Å². The molecule has 27 nitrogen and oxygen atoms in total. The van der Waals surface area contributed by atoms with Gasteiger partial charge in [-0.2, -0.15) is 0 Å². The average molecular weight is 1080 g/mol. The number of hydrogen-bond acceptors (Lipinski definition) is 21. The van der Waals surface area contributed by atoms with Crippen molar-refractivity contribution in [3.63, 3.8) is 0 Å². The van der Waals surface area contributed by atoms with Gasteiger partial charge in [0.2, 0.25) is 17.7 Å². The second kappa shape index (κ2) is 28.2. The molecule has 11 unspecified atom stereocenters. The number of phosphoric acid groups is 1. The number of ketones is 2. The number of carbonyl (C=O) groups is 7. The summed E-state index contributed by atoms with van der Waals surface area (Å²) in [6.07, 6.45) is -13.7. The number of nitrogens with two attached hydrogens (primary N) is 1. The number of carbonyl (C=O) groups excluding carboxylic acids is 6. The normalized spacial score (nSPS) is 30.6. The van der Waals surface area contributed by atoms with Gasteiger partial charge >= 0.3 is 13.8 Å². The number of carboxylic acids is 1. The first-order valence-electron chi connectivity index (χ1n) is 23.9. The number of aliphatic imine (C=N–C) groups is 1. The summed E-state index contributed by atoms with van der Waals surface area (Å²) < 4.78 is 47.4. The summed E-state index contributed by atoms with van der Waals surface area (Å²) in [5.74, 6) is -6.53. The van der Waals surface area contributed by atoms with E-state index < -0.39 is 148 Å². The molecule has 3 saturated heterocycles. The highest BCUT2D eigenvalue weighted by Crippen LogP contribution is 2.48. The summed E-state index contributed by atoms with van der Waals surface area (Å²) in [6.45, 7) is 5.46. The van der Waals surface area contributed by atoms with Gasteiger partial charge in [0.25, 0.3) is 5.91 Å². The fourth-order valence-electron chi connectivity index (χ4n) is 8.89. The SMILES string of the molecule is CC(=O)NC1C(OC2C(CO)OC(OP(=O)(O)OC[C@@H](C)C(=O)O)C(NC(C)=O)C2O[C@H](C)C(=O)CC[C@@H](CCCCNC(=O)C2=C(SCCN=CN)C[C@@H]3[C@@H]([C@@H](C)O)C(=O)N23)C(C)=O)OC(CO)C(O)C1O. The molecule has 12 N–H and O–H groups in total. The van der Waals surface area contributed by atoms with Crippen molar-refractivity contribution in [1.82, 2.24) is 20.9 Å². The lowest BCUT2D eigenvalue weighted by atomic mass is 9.83. The minimum absolute atomic E-state index is 0.0451.